The minimum absolute atomic E-state index is 0.0996. The van der Waals surface area contributed by atoms with Crippen LogP contribution in [0.25, 0.3) is 0 Å². The molecule has 1 aliphatic heterocycles. The number of ether oxygens (including phenoxy) is 3. The van der Waals surface area contributed by atoms with Gasteiger partial charge >= 0.3 is 0 Å². The Bertz CT molecular complexity index is 700. The van der Waals surface area contributed by atoms with Crippen molar-refractivity contribution in [3.05, 3.63) is 52.0 Å². The molecule has 0 aliphatic carbocycles. The Labute approximate surface area is 131 Å². The van der Waals surface area contributed by atoms with Crippen molar-refractivity contribution < 1.29 is 19.0 Å². The molecule has 0 spiro atoms. The van der Waals surface area contributed by atoms with Gasteiger partial charge in [-0.25, -0.2) is 0 Å². The van der Waals surface area contributed by atoms with Crippen LogP contribution in [-0.2, 0) is 0 Å². The van der Waals surface area contributed by atoms with E-state index in [9.17, 15) is 4.79 Å². The molecule has 3 rings (SSSR count). The standard InChI is InChI=1S/C15H10Cl2O4/c16-11-3-2-10(6-12(11)17)19-7-13(18)9-1-4-14-15(5-9)21-8-20-14/h1-6H,7-8H2. The molecule has 0 saturated carbocycles. The fourth-order valence-electron chi connectivity index (χ4n) is 1.87. The van der Waals surface area contributed by atoms with Gasteiger partial charge in [0, 0.05) is 11.6 Å². The van der Waals surface area contributed by atoms with Crippen LogP contribution < -0.4 is 14.2 Å². The molecular weight excluding hydrogens is 315 g/mol. The molecule has 0 aromatic heterocycles. The zero-order valence-corrected chi connectivity index (χ0v) is 12.3. The second kappa shape index (κ2) is 5.84. The Balaban J connectivity index is 1.67. The molecule has 108 valence electrons. The van der Waals surface area contributed by atoms with Crippen molar-refractivity contribution in [2.24, 2.45) is 0 Å². The Morgan fingerprint density at radius 3 is 2.67 bits per heavy atom. The monoisotopic (exact) mass is 324 g/mol. The third-order valence-electron chi connectivity index (χ3n) is 2.96. The maximum absolute atomic E-state index is 12.1. The summed E-state index contributed by atoms with van der Waals surface area (Å²) in [6, 6.07) is 9.86. The van der Waals surface area contributed by atoms with E-state index in [-0.39, 0.29) is 19.2 Å². The van der Waals surface area contributed by atoms with Crippen LogP contribution in [0.5, 0.6) is 17.2 Å². The van der Waals surface area contributed by atoms with Gasteiger partial charge in [0.1, 0.15) is 5.75 Å². The van der Waals surface area contributed by atoms with E-state index < -0.39 is 0 Å². The molecule has 1 heterocycles. The van der Waals surface area contributed by atoms with Crippen LogP contribution in [0.1, 0.15) is 10.4 Å². The number of Topliss-reactive ketones (excluding diaryl/α,β-unsaturated/α-hetero) is 1. The molecular formula is C15H10Cl2O4. The van der Waals surface area contributed by atoms with Crippen LogP contribution in [0.4, 0.5) is 0 Å². The molecule has 0 unspecified atom stereocenters. The van der Waals surface area contributed by atoms with Crippen LogP contribution in [-0.4, -0.2) is 19.2 Å². The lowest BCUT2D eigenvalue weighted by atomic mass is 10.1. The smallest absolute Gasteiger partial charge is 0.231 e. The van der Waals surface area contributed by atoms with Gasteiger partial charge in [-0.2, -0.15) is 0 Å². The molecule has 0 N–H and O–H groups in total. The van der Waals surface area contributed by atoms with Gasteiger partial charge in [0.15, 0.2) is 23.9 Å². The van der Waals surface area contributed by atoms with Gasteiger partial charge in [0.2, 0.25) is 6.79 Å². The molecule has 0 amide bonds. The number of ketones is 1. The first-order valence-corrected chi connectivity index (χ1v) is 6.90. The van der Waals surface area contributed by atoms with Crippen LogP contribution in [0.2, 0.25) is 10.0 Å². The number of fused-ring (bicyclic) bond motifs is 1. The Morgan fingerprint density at radius 1 is 1.05 bits per heavy atom. The maximum atomic E-state index is 12.1. The maximum Gasteiger partial charge on any atom is 0.231 e. The fourth-order valence-corrected chi connectivity index (χ4v) is 2.16. The Hall–Kier alpha value is -1.91. The fraction of sp³-hybridized carbons (Fsp3) is 0.133. The highest BCUT2D eigenvalue weighted by Crippen LogP contribution is 2.32. The zero-order chi connectivity index (χ0) is 14.8. The molecule has 6 heteroatoms. The van der Waals surface area contributed by atoms with Crippen LogP contribution in [0.15, 0.2) is 36.4 Å². The summed E-state index contributed by atoms with van der Waals surface area (Å²) in [6.07, 6.45) is 0. The summed E-state index contributed by atoms with van der Waals surface area (Å²) in [5, 5.41) is 0.816. The summed E-state index contributed by atoms with van der Waals surface area (Å²) in [4.78, 5) is 12.1. The topological polar surface area (TPSA) is 44.8 Å². The molecule has 0 fully saturated rings. The molecule has 0 atom stereocenters. The summed E-state index contributed by atoms with van der Waals surface area (Å²) >= 11 is 11.7. The molecule has 4 nitrogen and oxygen atoms in total. The lowest BCUT2D eigenvalue weighted by Crippen LogP contribution is -2.11. The molecule has 21 heavy (non-hydrogen) atoms. The lowest BCUT2D eigenvalue weighted by molar-refractivity contribution is 0.0921. The van der Waals surface area contributed by atoms with E-state index in [1.807, 2.05) is 0 Å². The van der Waals surface area contributed by atoms with Crippen molar-refractivity contribution in [2.45, 2.75) is 0 Å². The van der Waals surface area contributed by atoms with Gasteiger partial charge in [0.25, 0.3) is 0 Å². The normalized spacial score (nSPS) is 12.3. The van der Waals surface area contributed by atoms with Crippen molar-refractivity contribution in [2.75, 3.05) is 13.4 Å². The minimum Gasteiger partial charge on any atom is -0.485 e. The Morgan fingerprint density at radius 2 is 1.86 bits per heavy atom. The first kappa shape index (κ1) is 14.0. The van der Waals surface area contributed by atoms with Crippen molar-refractivity contribution >= 4 is 29.0 Å². The van der Waals surface area contributed by atoms with Gasteiger partial charge in [-0.3, -0.25) is 4.79 Å². The minimum atomic E-state index is -0.167. The first-order chi connectivity index (χ1) is 10.1. The average molecular weight is 325 g/mol. The predicted molar refractivity (Wildman–Crippen MR) is 78.9 cm³/mol. The third kappa shape index (κ3) is 3.06. The van der Waals surface area contributed by atoms with E-state index in [4.69, 9.17) is 37.4 Å². The second-order valence-corrected chi connectivity index (χ2v) is 5.17. The zero-order valence-electron chi connectivity index (χ0n) is 10.8. The summed E-state index contributed by atoms with van der Waals surface area (Å²) in [5.41, 5.74) is 0.499. The van der Waals surface area contributed by atoms with Crippen LogP contribution >= 0.6 is 23.2 Å². The van der Waals surface area contributed by atoms with Crippen molar-refractivity contribution in [3.8, 4) is 17.2 Å². The highest BCUT2D eigenvalue weighted by Gasteiger charge is 2.16. The molecule has 0 bridgehead atoms. The van der Waals surface area contributed by atoms with Gasteiger partial charge in [-0.15, -0.1) is 0 Å². The van der Waals surface area contributed by atoms with Gasteiger partial charge in [-0.05, 0) is 30.3 Å². The van der Waals surface area contributed by atoms with Crippen molar-refractivity contribution in [1.29, 1.82) is 0 Å². The number of carbonyl (C=O) groups is 1. The van der Waals surface area contributed by atoms with Crippen LogP contribution in [0, 0.1) is 0 Å². The molecule has 0 radical (unpaired) electrons. The summed E-state index contributed by atoms with van der Waals surface area (Å²) < 4.78 is 15.8. The molecule has 2 aromatic carbocycles. The van der Waals surface area contributed by atoms with Crippen molar-refractivity contribution in [3.63, 3.8) is 0 Å². The first-order valence-electron chi connectivity index (χ1n) is 6.14. The second-order valence-electron chi connectivity index (χ2n) is 4.36. The highest BCUT2D eigenvalue weighted by molar-refractivity contribution is 6.42. The average Bonchev–Trinajstić information content (AvgIpc) is 2.95. The Kier molecular flexibility index (Phi) is 3.90. The number of halogens is 2. The van der Waals surface area contributed by atoms with E-state index in [0.29, 0.717) is 32.9 Å². The molecule has 2 aromatic rings. The summed E-state index contributed by atoms with van der Waals surface area (Å²) in [5.74, 6) is 1.52. The van der Waals surface area contributed by atoms with E-state index >= 15 is 0 Å². The number of benzene rings is 2. The van der Waals surface area contributed by atoms with Crippen molar-refractivity contribution in [1.82, 2.24) is 0 Å². The third-order valence-corrected chi connectivity index (χ3v) is 3.69. The highest BCUT2D eigenvalue weighted by atomic mass is 35.5. The van der Waals surface area contributed by atoms with E-state index in [0.717, 1.165) is 0 Å². The molecule has 0 saturated heterocycles. The van der Waals surface area contributed by atoms with Gasteiger partial charge < -0.3 is 14.2 Å². The van der Waals surface area contributed by atoms with Gasteiger partial charge in [-0.1, -0.05) is 23.2 Å². The van der Waals surface area contributed by atoms with Gasteiger partial charge in [0.05, 0.1) is 10.0 Å². The van der Waals surface area contributed by atoms with Crippen LogP contribution in [0.3, 0.4) is 0 Å². The quantitative estimate of drug-likeness (QED) is 0.798. The number of carbonyl (C=O) groups excluding carboxylic acids is 1. The van der Waals surface area contributed by atoms with E-state index in [1.54, 1.807) is 36.4 Å². The number of hydrogen-bond donors (Lipinski definition) is 0. The number of rotatable bonds is 4. The number of hydrogen-bond acceptors (Lipinski definition) is 4. The predicted octanol–water partition coefficient (Wildman–Crippen LogP) is 3.98. The SMILES string of the molecule is O=C(COc1ccc(Cl)c(Cl)c1)c1ccc2c(c1)OCO2. The lowest BCUT2D eigenvalue weighted by Gasteiger charge is -2.07. The molecule has 1 aliphatic rings. The van der Waals surface area contributed by atoms with E-state index in [2.05, 4.69) is 0 Å². The summed E-state index contributed by atoms with van der Waals surface area (Å²) in [6.45, 7) is 0.0738. The van der Waals surface area contributed by atoms with E-state index in [1.165, 1.54) is 0 Å². The summed E-state index contributed by atoms with van der Waals surface area (Å²) in [7, 11) is 0. The largest absolute Gasteiger partial charge is 0.485 e.